The Morgan fingerprint density at radius 3 is 2.14 bits per heavy atom. The van der Waals surface area contributed by atoms with Crippen molar-refractivity contribution in [2.45, 2.75) is 25.7 Å². The van der Waals surface area contributed by atoms with Crippen LogP contribution in [0.1, 0.15) is 25.7 Å². The Bertz CT molecular complexity index is 217. The van der Waals surface area contributed by atoms with E-state index in [2.05, 4.69) is 4.74 Å². The van der Waals surface area contributed by atoms with Gasteiger partial charge in [0.15, 0.2) is 0 Å². The van der Waals surface area contributed by atoms with Crippen LogP contribution >= 0.6 is 0 Å². The van der Waals surface area contributed by atoms with Gasteiger partial charge in [-0.3, -0.25) is 9.59 Å². The Kier molecular flexibility index (Phi) is 5.93. The molecule has 0 aromatic rings. The third-order valence-electron chi connectivity index (χ3n) is 2.59. The van der Waals surface area contributed by atoms with Gasteiger partial charge in [-0.1, -0.05) is 12.8 Å². The van der Waals surface area contributed by atoms with E-state index >= 15 is 0 Å². The molecule has 0 spiro atoms. The number of hydrogen-bond acceptors (Lipinski definition) is 3. The smallest absolute Gasteiger partial charge is 0.309 e. The fourth-order valence-corrected chi connectivity index (χ4v) is 1.86. The predicted octanol–water partition coefficient (Wildman–Crippen LogP) is 1.05. The maximum absolute atomic E-state index is 11.2. The molecule has 0 amide bonds. The zero-order valence-corrected chi connectivity index (χ0v) is 11.3. The molecule has 14 heavy (non-hydrogen) atoms. The van der Waals surface area contributed by atoms with Gasteiger partial charge < -0.3 is 9.84 Å². The summed E-state index contributed by atoms with van der Waals surface area (Å²) in [5, 5.41) is 8.85. The number of carboxylic acid groups (broad SMARTS) is 1. The molecule has 0 aromatic heterocycles. The Labute approximate surface area is 95.8 Å². The van der Waals surface area contributed by atoms with Gasteiger partial charge in [-0.2, -0.15) is 0 Å². The summed E-state index contributed by atoms with van der Waals surface area (Å²) < 4.78 is 4.57. The first-order valence-corrected chi connectivity index (χ1v) is 4.47. The predicted molar refractivity (Wildman–Crippen MR) is 45.1 cm³/mol. The molecule has 5 heteroatoms. The maximum Gasteiger partial charge on any atom is 0.309 e. The quantitative estimate of drug-likeness (QED) is 0.589. The van der Waals surface area contributed by atoms with E-state index in [0.717, 1.165) is 12.8 Å². The molecule has 0 bridgehead atoms. The molecule has 0 heterocycles. The fraction of sp³-hybridized carbons (Fsp3) is 0.778. The monoisotopic (exact) mass is 250 g/mol. The van der Waals surface area contributed by atoms with E-state index < -0.39 is 17.8 Å². The van der Waals surface area contributed by atoms with Crippen molar-refractivity contribution in [2.75, 3.05) is 7.11 Å². The molecule has 2 atom stereocenters. The van der Waals surface area contributed by atoms with Crippen molar-refractivity contribution in [3.8, 4) is 0 Å². The molecule has 1 saturated carbocycles. The van der Waals surface area contributed by atoms with Gasteiger partial charge in [-0.25, -0.2) is 0 Å². The number of carbonyl (C=O) groups excluding carboxylic acids is 1. The second-order valence-electron chi connectivity index (χ2n) is 3.36. The molecule has 1 fully saturated rings. The van der Waals surface area contributed by atoms with Crippen molar-refractivity contribution in [1.82, 2.24) is 0 Å². The van der Waals surface area contributed by atoms with Gasteiger partial charge in [0.1, 0.15) is 0 Å². The first-order valence-electron chi connectivity index (χ1n) is 4.47. The van der Waals surface area contributed by atoms with Gasteiger partial charge in [0.2, 0.25) is 0 Å². The van der Waals surface area contributed by atoms with Gasteiger partial charge >= 0.3 is 11.9 Å². The van der Waals surface area contributed by atoms with E-state index in [4.69, 9.17) is 5.11 Å². The average molecular weight is 252 g/mol. The van der Waals surface area contributed by atoms with Crippen molar-refractivity contribution in [2.24, 2.45) is 11.8 Å². The topological polar surface area (TPSA) is 63.6 Å². The Balaban J connectivity index is 0.00000169. The van der Waals surface area contributed by atoms with Crippen LogP contribution in [0.5, 0.6) is 0 Å². The molecule has 1 aliphatic carbocycles. The average Bonchev–Trinajstić information content (AvgIpc) is 2.16. The minimum atomic E-state index is -0.880. The summed E-state index contributed by atoms with van der Waals surface area (Å²) >= 11 is 0. The molecule has 4 nitrogen and oxygen atoms in total. The summed E-state index contributed by atoms with van der Waals surface area (Å²) in [6, 6.07) is 0. The van der Waals surface area contributed by atoms with Crippen molar-refractivity contribution >= 4 is 11.9 Å². The standard InChI is InChI=1S/C9H14O4.Zn/c1-13-9(12)7-5-3-2-4-6(7)8(10)11;/h6-7H,2-5H2,1H3,(H,10,11);. The van der Waals surface area contributed by atoms with Crippen molar-refractivity contribution < 1.29 is 38.9 Å². The first-order chi connectivity index (χ1) is 6.16. The van der Waals surface area contributed by atoms with Crippen LogP contribution in [0.25, 0.3) is 0 Å². The number of esters is 1. The Morgan fingerprint density at radius 1 is 1.21 bits per heavy atom. The Morgan fingerprint density at radius 2 is 1.71 bits per heavy atom. The number of methoxy groups -OCH3 is 1. The van der Waals surface area contributed by atoms with Crippen molar-refractivity contribution in [3.05, 3.63) is 0 Å². The zero-order valence-electron chi connectivity index (χ0n) is 8.36. The minimum Gasteiger partial charge on any atom is -0.481 e. The van der Waals surface area contributed by atoms with E-state index in [1.807, 2.05) is 0 Å². The summed E-state index contributed by atoms with van der Waals surface area (Å²) in [5.74, 6) is -2.24. The molecule has 0 radical (unpaired) electrons. The summed E-state index contributed by atoms with van der Waals surface area (Å²) in [6.07, 6.45) is 3.05. The molecule has 0 saturated heterocycles. The normalized spacial score (nSPS) is 26.1. The second kappa shape index (κ2) is 6.12. The molecule has 1 rings (SSSR count). The van der Waals surface area contributed by atoms with Gasteiger partial charge in [0, 0.05) is 19.5 Å². The third kappa shape index (κ3) is 3.05. The number of ether oxygens (including phenoxy) is 1. The van der Waals surface area contributed by atoms with E-state index in [1.54, 1.807) is 0 Å². The van der Waals surface area contributed by atoms with E-state index in [9.17, 15) is 9.59 Å². The Hall–Kier alpha value is -0.437. The summed E-state index contributed by atoms with van der Waals surface area (Å²) in [6.45, 7) is 0. The molecule has 0 aliphatic heterocycles. The number of rotatable bonds is 2. The number of aliphatic carboxylic acids is 1. The molecular weight excluding hydrogens is 237 g/mol. The molecular formula is C9H14O4Zn. The molecule has 76 valence electrons. The molecule has 2 unspecified atom stereocenters. The van der Waals surface area contributed by atoms with Crippen LogP contribution in [0.3, 0.4) is 0 Å². The van der Waals surface area contributed by atoms with Crippen molar-refractivity contribution in [3.63, 3.8) is 0 Å². The van der Waals surface area contributed by atoms with Gasteiger partial charge in [0.05, 0.1) is 18.9 Å². The van der Waals surface area contributed by atoms with Crippen LogP contribution in [-0.4, -0.2) is 24.2 Å². The first kappa shape index (κ1) is 13.6. The zero-order chi connectivity index (χ0) is 9.84. The molecule has 0 aromatic carbocycles. The van der Waals surface area contributed by atoms with Crippen LogP contribution in [0, 0.1) is 11.8 Å². The fourth-order valence-electron chi connectivity index (χ4n) is 1.86. The van der Waals surface area contributed by atoms with Crippen LogP contribution in [0.4, 0.5) is 0 Å². The van der Waals surface area contributed by atoms with Gasteiger partial charge in [0.25, 0.3) is 0 Å². The number of carboxylic acids is 1. The third-order valence-corrected chi connectivity index (χ3v) is 2.59. The van der Waals surface area contributed by atoms with Crippen LogP contribution in [0.15, 0.2) is 0 Å². The van der Waals surface area contributed by atoms with Crippen LogP contribution in [0.2, 0.25) is 0 Å². The number of hydrogen-bond donors (Lipinski definition) is 1. The van der Waals surface area contributed by atoms with E-state index in [1.165, 1.54) is 7.11 Å². The van der Waals surface area contributed by atoms with Crippen LogP contribution in [-0.2, 0) is 33.8 Å². The molecule has 1 N–H and O–H groups in total. The van der Waals surface area contributed by atoms with Crippen molar-refractivity contribution in [1.29, 1.82) is 0 Å². The SMILES string of the molecule is COC(=O)C1CCCCC1C(=O)O.[Zn]. The van der Waals surface area contributed by atoms with E-state index in [-0.39, 0.29) is 25.4 Å². The van der Waals surface area contributed by atoms with Gasteiger partial charge in [-0.05, 0) is 12.8 Å². The van der Waals surface area contributed by atoms with Gasteiger partial charge in [-0.15, -0.1) is 0 Å². The van der Waals surface area contributed by atoms with E-state index in [0.29, 0.717) is 12.8 Å². The minimum absolute atomic E-state index is 0. The largest absolute Gasteiger partial charge is 0.481 e. The molecule has 1 aliphatic rings. The summed E-state index contributed by atoms with van der Waals surface area (Å²) in [7, 11) is 1.30. The summed E-state index contributed by atoms with van der Waals surface area (Å²) in [5.41, 5.74) is 0. The maximum atomic E-state index is 11.2. The summed E-state index contributed by atoms with van der Waals surface area (Å²) in [4.78, 5) is 22.0. The number of carbonyl (C=O) groups is 2. The van der Waals surface area contributed by atoms with Crippen LogP contribution < -0.4 is 0 Å². The second-order valence-corrected chi connectivity index (χ2v) is 3.36.